The molecule has 0 aromatic rings. The summed E-state index contributed by atoms with van der Waals surface area (Å²) in [5.41, 5.74) is -2.73. The number of aliphatic carboxylic acids is 1. The number of aliphatic hydroxyl groups excluding tert-OH is 4. The van der Waals surface area contributed by atoms with Gasteiger partial charge in [-0.15, -0.1) is 0 Å². The van der Waals surface area contributed by atoms with E-state index in [2.05, 4.69) is 6.92 Å². The third-order valence-electron chi connectivity index (χ3n) is 5.79. The number of hydrogen-bond acceptors (Lipinski definition) is 6. The first-order valence-corrected chi connectivity index (χ1v) is 12.1. The number of aliphatic hydroxyl groups is 5. The minimum Gasteiger partial charge on any atom is -0.479 e. The molecule has 0 rings (SSSR count). The third-order valence-corrected chi connectivity index (χ3v) is 5.79. The maximum Gasteiger partial charge on any atom is 0.342 e. The third kappa shape index (κ3) is 13.2. The fourth-order valence-electron chi connectivity index (χ4n) is 3.59. The number of hydrogen-bond donors (Lipinski definition) is 6. The summed E-state index contributed by atoms with van der Waals surface area (Å²) >= 11 is 0. The molecule has 4 atom stereocenters. The molecule has 0 aliphatic rings. The maximum absolute atomic E-state index is 11.4. The average molecular weight is 447 g/mol. The fourth-order valence-corrected chi connectivity index (χ4v) is 3.59. The highest BCUT2D eigenvalue weighted by Crippen LogP contribution is 2.20. The van der Waals surface area contributed by atoms with E-state index in [0.717, 1.165) is 25.3 Å². The molecule has 0 saturated carbocycles. The van der Waals surface area contributed by atoms with Crippen LogP contribution in [0.15, 0.2) is 12.2 Å². The highest BCUT2D eigenvalue weighted by molar-refractivity contribution is 5.80. The van der Waals surface area contributed by atoms with Crippen molar-refractivity contribution in [2.24, 2.45) is 0 Å². The van der Waals surface area contributed by atoms with Gasteiger partial charge in [0, 0.05) is 0 Å². The van der Waals surface area contributed by atoms with Crippen molar-refractivity contribution in [2.75, 3.05) is 6.61 Å². The lowest BCUT2D eigenvalue weighted by Crippen LogP contribution is -2.56. The summed E-state index contributed by atoms with van der Waals surface area (Å²) in [5.74, 6) is -1.73. The van der Waals surface area contributed by atoms with Crippen molar-refractivity contribution in [3.63, 3.8) is 0 Å². The minimum absolute atomic E-state index is 0.541. The van der Waals surface area contributed by atoms with Gasteiger partial charge in [-0.05, 0) is 18.9 Å². The van der Waals surface area contributed by atoms with Crippen LogP contribution < -0.4 is 0 Å². The molecule has 0 aromatic heterocycles. The minimum atomic E-state index is -2.73. The van der Waals surface area contributed by atoms with E-state index < -0.39 is 36.5 Å². The van der Waals surface area contributed by atoms with Crippen molar-refractivity contribution in [1.29, 1.82) is 0 Å². The number of carbonyl (C=O) groups is 1. The number of unbranched alkanes of at least 4 members (excludes halogenated alkanes) is 14. The smallest absolute Gasteiger partial charge is 0.342 e. The van der Waals surface area contributed by atoms with Gasteiger partial charge in [0.1, 0.15) is 18.3 Å². The van der Waals surface area contributed by atoms with E-state index in [1.165, 1.54) is 76.7 Å². The Bertz CT molecular complexity index is 469. The second-order valence-corrected chi connectivity index (χ2v) is 8.60. The topological polar surface area (TPSA) is 138 Å². The van der Waals surface area contributed by atoms with Crippen molar-refractivity contribution in [2.45, 2.75) is 127 Å². The summed E-state index contributed by atoms with van der Waals surface area (Å²) in [5, 5.41) is 57.2. The quantitative estimate of drug-likeness (QED) is 0.117. The summed E-state index contributed by atoms with van der Waals surface area (Å²) in [6, 6.07) is 0. The van der Waals surface area contributed by atoms with Gasteiger partial charge < -0.3 is 30.6 Å². The molecular formula is C24H46O7. The van der Waals surface area contributed by atoms with Gasteiger partial charge in [-0.2, -0.15) is 0 Å². The van der Waals surface area contributed by atoms with Gasteiger partial charge >= 0.3 is 5.97 Å². The highest BCUT2D eigenvalue weighted by Gasteiger charge is 2.46. The number of rotatable bonds is 21. The van der Waals surface area contributed by atoms with Crippen LogP contribution in [0.1, 0.15) is 103 Å². The van der Waals surface area contributed by atoms with Crippen LogP contribution in [0.3, 0.4) is 0 Å². The van der Waals surface area contributed by atoms with Crippen LogP contribution in [-0.2, 0) is 4.79 Å². The normalized spacial score (nSPS) is 16.8. The number of allylic oxidation sites excluding steroid dienone is 1. The SMILES string of the molecule is CCCCCCCCCCCCCCCCC=C[C@](O)(C(=O)O)[C@@H](O)[C@H](O)[C@H](O)CO. The van der Waals surface area contributed by atoms with Crippen LogP contribution in [-0.4, -0.2) is 67.1 Å². The molecule has 0 fully saturated rings. The van der Waals surface area contributed by atoms with Crippen LogP contribution in [0.4, 0.5) is 0 Å². The predicted molar refractivity (Wildman–Crippen MR) is 122 cm³/mol. The molecule has 7 nitrogen and oxygen atoms in total. The standard InChI is InChI=1S/C24H46O7/c1-2-3-4-5-6-7-8-9-10-11-12-13-14-15-16-17-18-24(31,23(29)30)22(28)21(27)20(26)19-25/h17-18,20-22,25-28,31H,2-16,19H2,1H3,(H,29,30)/t20-,21-,22+,24-/m1/s1. The molecule has 0 heterocycles. The van der Waals surface area contributed by atoms with Crippen LogP contribution in [0, 0.1) is 0 Å². The van der Waals surface area contributed by atoms with Crippen LogP contribution in [0.25, 0.3) is 0 Å². The van der Waals surface area contributed by atoms with E-state index in [9.17, 15) is 30.3 Å². The maximum atomic E-state index is 11.4. The van der Waals surface area contributed by atoms with Crippen molar-refractivity contribution in [3.8, 4) is 0 Å². The predicted octanol–water partition coefficient (Wildman–Crippen LogP) is 3.30. The largest absolute Gasteiger partial charge is 0.479 e. The number of carboxylic acid groups (broad SMARTS) is 1. The monoisotopic (exact) mass is 446 g/mol. The Balaban J connectivity index is 3.89. The molecule has 0 saturated heterocycles. The Kier molecular flexibility index (Phi) is 18.0. The zero-order valence-corrected chi connectivity index (χ0v) is 19.3. The Labute approximate surface area is 187 Å². The summed E-state index contributed by atoms with van der Waals surface area (Å²) in [4.78, 5) is 11.4. The van der Waals surface area contributed by atoms with Crippen LogP contribution >= 0.6 is 0 Å². The van der Waals surface area contributed by atoms with E-state index in [0.29, 0.717) is 6.42 Å². The fraction of sp³-hybridized carbons (Fsp3) is 0.875. The summed E-state index contributed by atoms with van der Waals surface area (Å²) in [6.45, 7) is 1.37. The summed E-state index contributed by atoms with van der Waals surface area (Å²) in [7, 11) is 0. The second-order valence-electron chi connectivity index (χ2n) is 8.60. The molecule has 184 valence electrons. The van der Waals surface area contributed by atoms with Gasteiger partial charge in [0.15, 0.2) is 0 Å². The van der Waals surface area contributed by atoms with E-state index in [-0.39, 0.29) is 0 Å². The lowest BCUT2D eigenvalue weighted by atomic mass is 9.89. The molecule has 31 heavy (non-hydrogen) atoms. The molecule has 0 spiro atoms. The molecule has 7 heteroatoms. The van der Waals surface area contributed by atoms with Crippen molar-refractivity contribution in [3.05, 3.63) is 12.2 Å². The molecule has 6 N–H and O–H groups in total. The van der Waals surface area contributed by atoms with Gasteiger partial charge in [-0.25, -0.2) is 4.79 Å². The van der Waals surface area contributed by atoms with Crippen molar-refractivity contribution >= 4 is 5.97 Å². The molecule has 0 aliphatic heterocycles. The van der Waals surface area contributed by atoms with Crippen molar-refractivity contribution in [1.82, 2.24) is 0 Å². The molecule has 0 unspecified atom stereocenters. The van der Waals surface area contributed by atoms with Gasteiger partial charge in [0.05, 0.1) is 6.61 Å². The number of carboxylic acids is 1. The zero-order valence-electron chi connectivity index (χ0n) is 19.3. The van der Waals surface area contributed by atoms with E-state index in [1.807, 2.05) is 0 Å². The molecule has 0 bridgehead atoms. The Morgan fingerprint density at radius 3 is 1.61 bits per heavy atom. The van der Waals surface area contributed by atoms with Crippen LogP contribution in [0.5, 0.6) is 0 Å². The first kappa shape index (κ1) is 30.0. The lowest BCUT2D eigenvalue weighted by Gasteiger charge is -2.31. The Hall–Kier alpha value is -0.990. The van der Waals surface area contributed by atoms with Gasteiger partial charge in [0.2, 0.25) is 5.60 Å². The molecule has 0 radical (unpaired) electrons. The molecule has 0 amide bonds. The first-order valence-electron chi connectivity index (χ1n) is 12.1. The highest BCUT2D eigenvalue weighted by atomic mass is 16.4. The van der Waals surface area contributed by atoms with E-state index in [4.69, 9.17) is 5.11 Å². The van der Waals surface area contributed by atoms with Crippen molar-refractivity contribution < 1.29 is 35.4 Å². The van der Waals surface area contributed by atoms with Gasteiger partial charge in [0.25, 0.3) is 0 Å². The molecule has 0 aromatic carbocycles. The van der Waals surface area contributed by atoms with E-state index in [1.54, 1.807) is 0 Å². The first-order chi connectivity index (χ1) is 14.8. The lowest BCUT2D eigenvalue weighted by molar-refractivity contribution is -0.179. The average Bonchev–Trinajstić information content (AvgIpc) is 2.76. The van der Waals surface area contributed by atoms with Crippen LogP contribution in [0.2, 0.25) is 0 Å². The second kappa shape index (κ2) is 18.6. The van der Waals surface area contributed by atoms with E-state index >= 15 is 0 Å². The Morgan fingerprint density at radius 2 is 1.23 bits per heavy atom. The summed E-state index contributed by atoms with van der Waals surface area (Å²) < 4.78 is 0. The van der Waals surface area contributed by atoms with Gasteiger partial charge in [-0.3, -0.25) is 0 Å². The molecular weight excluding hydrogens is 400 g/mol. The summed E-state index contributed by atoms with van der Waals surface area (Å²) in [6.07, 6.45) is 14.4. The Morgan fingerprint density at radius 1 is 0.806 bits per heavy atom. The molecule has 0 aliphatic carbocycles. The zero-order chi connectivity index (χ0) is 23.5. The van der Waals surface area contributed by atoms with Gasteiger partial charge in [-0.1, -0.05) is 96.5 Å².